The van der Waals surface area contributed by atoms with E-state index in [0.29, 0.717) is 22.0 Å². The molecule has 0 spiro atoms. The van der Waals surface area contributed by atoms with Gasteiger partial charge in [-0.3, -0.25) is 9.59 Å². The molecule has 3 heterocycles. The summed E-state index contributed by atoms with van der Waals surface area (Å²) in [6.07, 6.45) is 4.68. The lowest BCUT2D eigenvalue weighted by Crippen LogP contribution is -2.45. The first-order valence-corrected chi connectivity index (χ1v) is 10.7. The topological polar surface area (TPSA) is 101 Å². The van der Waals surface area contributed by atoms with Gasteiger partial charge in [0.2, 0.25) is 0 Å². The van der Waals surface area contributed by atoms with Gasteiger partial charge in [-0.25, -0.2) is 8.42 Å². The number of anilines is 1. The van der Waals surface area contributed by atoms with Gasteiger partial charge < -0.3 is 14.9 Å². The monoisotopic (exact) mass is 399 g/mol. The number of fused-ring (bicyclic) bond motifs is 2. The third kappa shape index (κ3) is 2.75. The number of carbonyl (C=O) groups is 1. The number of nitrogens with one attached hydrogen (secondary N) is 2. The number of ketones is 1. The summed E-state index contributed by atoms with van der Waals surface area (Å²) in [5.74, 6) is -0.0103. The van der Waals surface area contributed by atoms with E-state index < -0.39 is 15.4 Å². The molecule has 2 N–H and O–H groups in total. The molecule has 2 aromatic heterocycles. The lowest BCUT2D eigenvalue weighted by molar-refractivity contribution is -0.122. The minimum atomic E-state index is -3.49. The molecule has 1 aromatic carbocycles. The Balaban J connectivity index is 2.12. The van der Waals surface area contributed by atoms with Crippen LogP contribution in [0, 0.1) is 0 Å². The second-order valence-electron chi connectivity index (χ2n) is 7.85. The van der Waals surface area contributed by atoms with E-state index in [2.05, 4.69) is 10.3 Å². The Morgan fingerprint density at radius 1 is 1.14 bits per heavy atom. The first-order chi connectivity index (χ1) is 13.0. The highest BCUT2D eigenvalue weighted by molar-refractivity contribution is 7.90. The maximum Gasteiger partial charge on any atom is 0.274 e. The molecule has 8 heteroatoms. The van der Waals surface area contributed by atoms with Crippen molar-refractivity contribution in [3.63, 3.8) is 0 Å². The molecule has 0 saturated carbocycles. The van der Waals surface area contributed by atoms with Crippen LogP contribution in [0.1, 0.15) is 19.4 Å². The SMILES string of the molecule is Cn1cc(-c2cc(S(C)(=O)=O)cc3c2NC(C)(C)C(=O)C3)c2cc[nH]c2c1=O. The standard InChI is InChI=1S/C20H21N3O4S/c1-20(2)16(24)8-11-7-12(28(4,26)27)9-14(17(11)22-20)15-10-23(3)19(25)18-13(15)5-6-21-18/h5-7,9-10,21-22H,8H2,1-4H3. The normalized spacial score (nSPS) is 16.1. The molecule has 0 bridgehead atoms. The molecule has 0 fully saturated rings. The molecule has 0 atom stereocenters. The number of hydrogen-bond acceptors (Lipinski definition) is 5. The van der Waals surface area contributed by atoms with Crippen molar-refractivity contribution in [1.29, 1.82) is 0 Å². The van der Waals surface area contributed by atoms with E-state index in [-0.39, 0.29) is 22.7 Å². The molecule has 1 aliphatic rings. The lowest BCUT2D eigenvalue weighted by atomic mass is 9.85. The predicted molar refractivity (Wildman–Crippen MR) is 108 cm³/mol. The van der Waals surface area contributed by atoms with Crippen molar-refractivity contribution in [2.75, 3.05) is 11.6 Å². The van der Waals surface area contributed by atoms with Gasteiger partial charge in [0, 0.05) is 54.3 Å². The van der Waals surface area contributed by atoms with E-state index >= 15 is 0 Å². The molecule has 146 valence electrons. The highest BCUT2D eigenvalue weighted by atomic mass is 32.2. The Morgan fingerprint density at radius 3 is 2.54 bits per heavy atom. The summed E-state index contributed by atoms with van der Waals surface area (Å²) in [4.78, 5) is 28.0. The fourth-order valence-corrected chi connectivity index (χ4v) is 4.33. The number of aromatic amines is 1. The van der Waals surface area contributed by atoms with Gasteiger partial charge in [-0.15, -0.1) is 0 Å². The van der Waals surface area contributed by atoms with Crippen LogP contribution in [0.4, 0.5) is 5.69 Å². The molecule has 4 rings (SSSR count). The molecule has 0 amide bonds. The number of aromatic nitrogens is 2. The van der Waals surface area contributed by atoms with Gasteiger partial charge in [-0.2, -0.15) is 0 Å². The quantitative estimate of drug-likeness (QED) is 0.688. The Labute approximate surface area is 162 Å². The number of carbonyl (C=O) groups excluding carboxylic acids is 1. The Bertz CT molecular complexity index is 1310. The van der Waals surface area contributed by atoms with Gasteiger partial charge in [0.05, 0.1) is 10.4 Å². The average molecular weight is 399 g/mol. The van der Waals surface area contributed by atoms with Crippen molar-refractivity contribution in [2.24, 2.45) is 7.05 Å². The van der Waals surface area contributed by atoms with Crippen LogP contribution in [0.3, 0.4) is 0 Å². The van der Waals surface area contributed by atoms with Crippen molar-refractivity contribution in [3.8, 4) is 11.1 Å². The molecule has 28 heavy (non-hydrogen) atoms. The highest BCUT2D eigenvalue weighted by Gasteiger charge is 2.35. The average Bonchev–Trinajstić information content (AvgIpc) is 3.07. The molecular weight excluding hydrogens is 378 g/mol. The summed E-state index contributed by atoms with van der Waals surface area (Å²) in [5.41, 5.74) is 2.24. The number of sulfone groups is 1. The lowest BCUT2D eigenvalue weighted by Gasteiger charge is -2.34. The third-order valence-electron chi connectivity index (χ3n) is 5.29. The zero-order chi connectivity index (χ0) is 20.4. The summed E-state index contributed by atoms with van der Waals surface area (Å²) >= 11 is 0. The number of H-pyrrole nitrogens is 1. The number of rotatable bonds is 2. The van der Waals surface area contributed by atoms with Crippen LogP contribution >= 0.6 is 0 Å². The van der Waals surface area contributed by atoms with Crippen LogP contribution in [0.15, 0.2) is 40.3 Å². The smallest absolute Gasteiger partial charge is 0.274 e. The molecule has 0 saturated heterocycles. The summed E-state index contributed by atoms with van der Waals surface area (Å²) in [6.45, 7) is 3.61. The van der Waals surface area contributed by atoms with Crippen LogP contribution in [-0.2, 0) is 28.1 Å². The van der Waals surface area contributed by atoms with Crippen molar-refractivity contribution in [3.05, 3.63) is 46.5 Å². The van der Waals surface area contributed by atoms with E-state index in [1.165, 1.54) is 4.57 Å². The number of pyridine rings is 1. The van der Waals surface area contributed by atoms with Crippen LogP contribution in [0.25, 0.3) is 22.0 Å². The van der Waals surface area contributed by atoms with Crippen LogP contribution < -0.4 is 10.9 Å². The van der Waals surface area contributed by atoms with Gasteiger partial charge in [0.15, 0.2) is 15.6 Å². The van der Waals surface area contributed by atoms with E-state index in [9.17, 15) is 18.0 Å². The van der Waals surface area contributed by atoms with E-state index in [0.717, 1.165) is 17.5 Å². The van der Waals surface area contributed by atoms with Crippen LogP contribution in [-0.4, -0.2) is 35.5 Å². The van der Waals surface area contributed by atoms with Gasteiger partial charge in [-0.05, 0) is 37.6 Å². The summed E-state index contributed by atoms with van der Waals surface area (Å²) in [7, 11) is -1.83. The number of aryl methyl sites for hydroxylation is 1. The van der Waals surface area contributed by atoms with Crippen LogP contribution in [0.2, 0.25) is 0 Å². The van der Waals surface area contributed by atoms with E-state index in [1.54, 1.807) is 51.5 Å². The fourth-order valence-electron chi connectivity index (χ4n) is 3.65. The highest BCUT2D eigenvalue weighted by Crippen LogP contribution is 2.41. The van der Waals surface area contributed by atoms with Crippen molar-refractivity contribution in [1.82, 2.24) is 9.55 Å². The second kappa shape index (κ2) is 5.81. The maximum absolute atomic E-state index is 12.5. The first-order valence-electron chi connectivity index (χ1n) is 8.84. The van der Waals surface area contributed by atoms with Gasteiger partial charge >= 0.3 is 0 Å². The largest absolute Gasteiger partial charge is 0.372 e. The maximum atomic E-state index is 12.5. The Morgan fingerprint density at radius 2 is 1.86 bits per heavy atom. The van der Waals surface area contributed by atoms with E-state index in [4.69, 9.17) is 0 Å². The van der Waals surface area contributed by atoms with E-state index in [1.807, 2.05) is 0 Å². The zero-order valence-electron chi connectivity index (χ0n) is 16.1. The van der Waals surface area contributed by atoms with Crippen molar-refractivity contribution in [2.45, 2.75) is 30.7 Å². The molecule has 7 nitrogen and oxygen atoms in total. The molecular formula is C20H21N3O4S. The molecule has 3 aromatic rings. The summed E-state index contributed by atoms with van der Waals surface area (Å²) in [5, 5.41) is 3.98. The second-order valence-corrected chi connectivity index (χ2v) is 9.87. The van der Waals surface area contributed by atoms with Gasteiger partial charge in [0.25, 0.3) is 5.56 Å². The van der Waals surface area contributed by atoms with Gasteiger partial charge in [-0.1, -0.05) is 0 Å². The van der Waals surface area contributed by atoms with Crippen molar-refractivity contribution < 1.29 is 13.2 Å². The molecule has 1 aliphatic heterocycles. The number of hydrogen-bond donors (Lipinski definition) is 2. The zero-order valence-corrected chi connectivity index (χ0v) is 16.9. The summed E-state index contributed by atoms with van der Waals surface area (Å²) < 4.78 is 26.0. The number of Topliss-reactive ketones (excluding diaryl/α,β-unsaturated/α-hetero) is 1. The summed E-state index contributed by atoms with van der Waals surface area (Å²) in [6, 6.07) is 4.97. The first kappa shape index (κ1) is 18.5. The van der Waals surface area contributed by atoms with Crippen molar-refractivity contribution >= 4 is 32.2 Å². The molecule has 0 radical (unpaired) electrons. The molecule has 0 aliphatic carbocycles. The number of benzene rings is 1. The molecule has 0 unspecified atom stereocenters. The third-order valence-corrected chi connectivity index (χ3v) is 6.38. The fraction of sp³-hybridized carbons (Fsp3) is 0.300. The van der Waals surface area contributed by atoms with Crippen LogP contribution in [0.5, 0.6) is 0 Å². The number of nitrogens with zero attached hydrogens (tertiary/aromatic N) is 1. The minimum absolute atomic E-state index is 0.0103. The Kier molecular flexibility index (Phi) is 3.84. The predicted octanol–water partition coefficient (Wildman–Crippen LogP) is 2.25. The Hall–Kier alpha value is -2.87. The minimum Gasteiger partial charge on any atom is -0.372 e. The van der Waals surface area contributed by atoms with Gasteiger partial charge in [0.1, 0.15) is 5.52 Å².